The van der Waals surface area contributed by atoms with Crippen molar-refractivity contribution in [3.63, 3.8) is 0 Å². The van der Waals surface area contributed by atoms with E-state index in [9.17, 15) is 9.90 Å². The zero-order valence-corrected chi connectivity index (χ0v) is 17.5. The molecule has 2 N–H and O–H groups in total. The van der Waals surface area contributed by atoms with Crippen LogP contribution in [0, 0.1) is 0 Å². The van der Waals surface area contributed by atoms with Crippen molar-refractivity contribution in [2.75, 3.05) is 13.2 Å². The molecule has 0 radical (unpaired) electrons. The van der Waals surface area contributed by atoms with E-state index in [1.165, 1.54) is 19.3 Å². The third-order valence-electron chi connectivity index (χ3n) is 5.30. The Morgan fingerprint density at radius 1 is 1.14 bits per heavy atom. The minimum atomic E-state index is -0.732. The summed E-state index contributed by atoms with van der Waals surface area (Å²) in [6, 6.07) is 7.12. The van der Waals surface area contributed by atoms with Crippen LogP contribution in [0.2, 0.25) is 0 Å². The van der Waals surface area contributed by atoms with Crippen LogP contribution in [0.3, 0.4) is 0 Å². The molecule has 5 nitrogen and oxygen atoms in total. The van der Waals surface area contributed by atoms with Crippen molar-refractivity contribution in [1.29, 1.82) is 0 Å². The van der Waals surface area contributed by atoms with Crippen LogP contribution < -0.4 is 10.1 Å². The Morgan fingerprint density at radius 2 is 1.89 bits per heavy atom. The summed E-state index contributed by atoms with van der Waals surface area (Å²) in [5, 5.41) is 13.4. The molecule has 2 atom stereocenters. The standard InChI is InChI=1S/C23H37NO4/c1-3-4-16-27-21-14-12-19(13-15-21)23(26)18(2)24-22(25)11-6-5-7-17-28-20-9-8-10-20/h12-15,18,20,23,26H,3-11,16-17H2,1-2H3,(H,24,25)/t18-,23+/m1/s1. The van der Waals surface area contributed by atoms with E-state index in [0.29, 0.717) is 19.1 Å². The van der Waals surface area contributed by atoms with Gasteiger partial charge >= 0.3 is 0 Å². The number of hydrogen-bond acceptors (Lipinski definition) is 4. The van der Waals surface area contributed by atoms with Gasteiger partial charge in [0.15, 0.2) is 0 Å². The zero-order chi connectivity index (χ0) is 20.2. The van der Waals surface area contributed by atoms with E-state index in [0.717, 1.165) is 50.0 Å². The summed E-state index contributed by atoms with van der Waals surface area (Å²) in [5.41, 5.74) is 0.781. The first kappa shape index (κ1) is 22.7. The zero-order valence-electron chi connectivity index (χ0n) is 17.5. The average molecular weight is 392 g/mol. The third-order valence-corrected chi connectivity index (χ3v) is 5.30. The molecule has 1 aliphatic carbocycles. The summed E-state index contributed by atoms with van der Waals surface area (Å²) in [4.78, 5) is 12.1. The SMILES string of the molecule is CCCCOc1ccc([C@@H](O)[C@@H](C)NC(=O)CCCCCOC2CCC2)cc1. The van der Waals surface area contributed by atoms with Crippen LogP contribution in [0.4, 0.5) is 0 Å². The van der Waals surface area contributed by atoms with Crippen molar-refractivity contribution in [2.45, 2.75) is 89.9 Å². The number of ether oxygens (including phenoxy) is 2. The molecular weight excluding hydrogens is 354 g/mol. The minimum Gasteiger partial charge on any atom is -0.494 e. The molecule has 0 aliphatic heterocycles. The van der Waals surface area contributed by atoms with E-state index in [2.05, 4.69) is 12.2 Å². The Kier molecular flexibility index (Phi) is 10.4. The van der Waals surface area contributed by atoms with Crippen LogP contribution in [0.5, 0.6) is 5.75 Å². The molecule has 0 heterocycles. The molecule has 1 aromatic rings. The van der Waals surface area contributed by atoms with E-state index in [-0.39, 0.29) is 11.9 Å². The molecule has 28 heavy (non-hydrogen) atoms. The van der Waals surface area contributed by atoms with Crippen molar-refractivity contribution in [2.24, 2.45) is 0 Å². The molecule has 1 saturated carbocycles. The maximum absolute atomic E-state index is 12.1. The summed E-state index contributed by atoms with van der Waals surface area (Å²) < 4.78 is 11.4. The molecule has 1 amide bonds. The fourth-order valence-corrected chi connectivity index (χ4v) is 3.14. The number of aliphatic hydroxyl groups excluding tert-OH is 1. The van der Waals surface area contributed by atoms with Crippen molar-refractivity contribution in [3.05, 3.63) is 29.8 Å². The van der Waals surface area contributed by atoms with Crippen LogP contribution in [0.15, 0.2) is 24.3 Å². The summed E-state index contributed by atoms with van der Waals surface area (Å²) in [6.45, 7) is 5.47. The highest BCUT2D eigenvalue weighted by Gasteiger charge is 2.19. The molecule has 0 spiro atoms. The van der Waals surface area contributed by atoms with Gasteiger partial charge in [0.05, 0.1) is 24.9 Å². The maximum atomic E-state index is 12.1. The normalized spacial score (nSPS) is 16.2. The molecule has 158 valence electrons. The Labute approximate surface area is 169 Å². The summed E-state index contributed by atoms with van der Waals surface area (Å²) in [6.07, 6.45) is 8.94. The van der Waals surface area contributed by atoms with Gasteiger partial charge in [0, 0.05) is 13.0 Å². The van der Waals surface area contributed by atoms with E-state index in [1.54, 1.807) is 0 Å². The van der Waals surface area contributed by atoms with Crippen LogP contribution in [-0.4, -0.2) is 36.4 Å². The van der Waals surface area contributed by atoms with Crippen molar-refractivity contribution < 1.29 is 19.4 Å². The molecule has 1 aliphatic rings. The van der Waals surface area contributed by atoms with E-state index in [4.69, 9.17) is 9.47 Å². The molecule has 1 fully saturated rings. The Morgan fingerprint density at radius 3 is 2.54 bits per heavy atom. The van der Waals surface area contributed by atoms with Gasteiger partial charge in [0.2, 0.25) is 5.91 Å². The van der Waals surface area contributed by atoms with Crippen molar-refractivity contribution in [1.82, 2.24) is 5.32 Å². The van der Waals surface area contributed by atoms with E-state index >= 15 is 0 Å². The van der Waals surface area contributed by atoms with Gasteiger partial charge in [-0.05, 0) is 63.1 Å². The Balaban J connectivity index is 1.60. The highest BCUT2D eigenvalue weighted by atomic mass is 16.5. The molecule has 0 unspecified atom stereocenters. The lowest BCUT2D eigenvalue weighted by Crippen LogP contribution is -2.36. The number of carbonyl (C=O) groups is 1. The summed E-state index contributed by atoms with van der Waals surface area (Å²) in [5.74, 6) is 0.799. The van der Waals surface area contributed by atoms with Gasteiger partial charge in [-0.2, -0.15) is 0 Å². The molecule has 1 aromatic carbocycles. The predicted molar refractivity (Wildman–Crippen MR) is 111 cm³/mol. The highest BCUT2D eigenvalue weighted by molar-refractivity contribution is 5.76. The van der Waals surface area contributed by atoms with Crippen molar-refractivity contribution in [3.8, 4) is 5.75 Å². The van der Waals surface area contributed by atoms with Crippen LogP contribution in [0.1, 0.15) is 83.3 Å². The molecule has 0 saturated heterocycles. The second kappa shape index (κ2) is 12.8. The number of nitrogens with one attached hydrogen (secondary N) is 1. The molecule has 0 aromatic heterocycles. The number of rotatable bonds is 14. The lowest BCUT2D eigenvalue weighted by molar-refractivity contribution is -0.122. The summed E-state index contributed by atoms with van der Waals surface area (Å²) >= 11 is 0. The maximum Gasteiger partial charge on any atom is 0.220 e. The molecule has 2 rings (SSSR count). The van der Waals surface area contributed by atoms with Gasteiger partial charge in [-0.25, -0.2) is 0 Å². The second-order valence-electron chi connectivity index (χ2n) is 7.81. The van der Waals surface area contributed by atoms with Crippen LogP contribution in [0.25, 0.3) is 0 Å². The van der Waals surface area contributed by atoms with Crippen LogP contribution >= 0.6 is 0 Å². The fourth-order valence-electron chi connectivity index (χ4n) is 3.14. The smallest absolute Gasteiger partial charge is 0.220 e. The van der Waals surface area contributed by atoms with Gasteiger partial charge in [0.1, 0.15) is 5.75 Å². The van der Waals surface area contributed by atoms with Gasteiger partial charge in [-0.1, -0.05) is 31.9 Å². The number of hydrogen-bond donors (Lipinski definition) is 2. The number of carbonyl (C=O) groups excluding carboxylic acids is 1. The number of unbranched alkanes of at least 4 members (excludes halogenated alkanes) is 3. The molecule has 0 bridgehead atoms. The Bertz CT molecular complexity index is 556. The van der Waals surface area contributed by atoms with Crippen LogP contribution in [-0.2, 0) is 9.53 Å². The monoisotopic (exact) mass is 391 g/mol. The first-order valence-electron chi connectivity index (χ1n) is 10.9. The Hall–Kier alpha value is -1.59. The molecular formula is C23H37NO4. The number of benzene rings is 1. The lowest BCUT2D eigenvalue weighted by atomic mass is 9.96. The topological polar surface area (TPSA) is 67.8 Å². The number of aliphatic hydroxyl groups is 1. The van der Waals surface area contributed by atoms with Gasteiger partial charge in [-0.3, -0.25) is 4.79 Å². The third kappa shape index (κ3) is 8.19. The second-order valence-corrected chi connectivity index (χ2v) is 7.81. The van der Waals surface area contributed by atoms with Gasteiger partial charge in [0.25, 0.3) is 0 Å². The first-order chi connectivity index (χ1) is 13.6. The largest absolute Gasteiger partial charge is 0.494 e. The van der Waals surface area contributed by atoms with Gasteiger partial charge < -0.3 is 19.9 Å². The predicted octanol–water partition coefficient (Wildman–Crippen LogP) is 4.53. The average Bonchev–Trinajstić information content (AvgIpc) is 2.66. The first-order valence-corrected chi connectivity index (χ1v) is 10.9. The van der Waals surface area contributed by atoms with E-state index in [1.807, 2.05) is 31.2 Å². The lowest BCUT2D eigenvalue weighted by Gasteiger charge is -2.25. The summed E-state index contributed by atoms with van der Waals surface area (Å²) in [7, 11) is 0. The minimum absolute atomic E-state index is 0.00835. The fraction of sp³-hybridized carbons (Fsp3) is 0.696. The number of amides is 1. The quantitative estimate of drug-likeness (QED) is 0.457. The van der Waals surface area contributed by atoms with E-state index < -0.39 is 6.10 Å². The van der Waals surface area contributed by atoms with Gasteiger partial charge in [-0.15, -0.1) is 0 Å². The molecule has 5 heteroatoms. The van der Waals surface area contributed by atoms with Crippen molar-refractivity contribution >= 4 is 5.91 Å². The highest BCUT2D eigenvalue weighted by Crippen LogP contribution is 2.22.